The third kappa shape index (κ3) is 3.75. The fourth-order valence-electron chi connectivity index (χ4n) is 4.28. The van der Waals surface area contributed by atoms with Crippen molar-refractivity contribution in [2.75, 3.05) is 41.3 Å². The molecule has 2 atom stereocenters. The van der Waals surface area contributed by atoms with Gasteiger partial charge in [-0.1, -0.05) is 19.3 Å². The Morgan fingerprint density at radius 1 is 1.00 bits per heavy atom. The number of nitrogens with one attached hydrogen (secondary N) is 1. The molecule has 2 fully saturated rings. The van der Waals surface area contributed by atoms with E-state index in [9.17, 15) is 0 Å². The SMILES string of the molecule is CNC1CCCCCC1CN(C)CC1(N(C)C)CCC1. The maximum Gasteiger partial charge on any atom is 0.0330 e. The van der Waals surface area contributed by atoms with Gasteiger partial charge in [-0.05, 0) is 66.2 Å². The molecule has 3 nitrogen and oxygen atoms in total. The van der Waals surface area contributed by atoms with Crippen LogP contribution in [0, 0.1) is 5.92 Å². The van der Waals surface area contributed by atoms with Gasteiger partial charge in [-0.2, -0.15) is 0 Å². The molecule has 2 aliphatic rings. The molecule has 0 spiro atoms. The lowest BCUT2D eigenvalue weighted by molar-refractivity contribution is 0.0222. The quantitative estimate of drug-likeness (QED) is 0.755. The molecule has 2 unspecified atom stereocenters. The molecule has 0 aromatic rings. The molecule has 0 aromatic heterocycles. The van der Waals surface area contributed by atoms with E-state index in [0.717, 1.165) is 12.0 Å². The predicted molar refractivity (Wildman–Crippen MR) is 87.2 cm³/mol. The summed E-state index contributed by atoms with van der Waals surface area (Å²) < 4.78 is 0. The van der Waals surface area contributed by atoms with Gasteiger partial charge in [-0.3, -0.25) is 0 Å². The lowest BCUT2D eigenvalue weighted by Crippen LogP contribution is -2.57. The molecule has 20 heavy (non-hydrogen) atoms. The first-order valence-electron chi connectivity index (χ1n) is 8.61. The largest absolute Gasteiger partial charge is 0.317 e. The zero-order valence-corrected chi connectivity index (χ0v) is 14.1. The van der Waals surface area contributed by atoms with Gasteiger partial charge in [0.05, 0.1) is 0 Å². The second-order valence-electron chi connectivity index (χ2n) is 7.46. The molecule has 0 aromatic carbocycles. The third-order valence-electron chi connectivity index (χ3n) is 5.87. The van der Waals surface area contributed by atoms with Crippen molar-refractivity contribution in [2.45, 2.75) is 62.9 Å². The van der Waals surface area contributed by atoms with E-state index in [-0.39, 0.29) is 0 Å². The minimum absolute atomic E-state index is 0.467. The highest BCUT2D eigenvalue weighted by molar-refractivity contribution is 4.98. The van der Waals surface area contributed by atoms with Crippen molar-refractivity contribution in [3.8, 4) is 0 Å². The summed E-state index contributed by atoms with van der Waals surface area (Å²) in [6.45, 7) is 2.51. The number of rotatable bonds is 6. The summed E-state index contributed by atoms with van der Waals surface area (Å²) in [4.78, 5) is 5.08. The van der Waals surface area contributed by atoms with Crippen molar-refractivity contribution in [3.63, 3.8) is 0 Å². The van der Waals surface area contributed by atoms with Crippen LogP contribution in [0.2, 0.25) is 0 Å². The number of likely N-dealkylation sites (N-methyl/N-ethyl adjacent to an activating group) is 2. The van der Waals surface area contributed by atoms with Gasteiger partial charge >= 0.3 is 0 Å². The van der Waals surface area contributed by atoms with Crippen LogP contribution in [0.3, 0.4) is 0 Å². The molecule has 0 radical (unpaired) electrons. The van der Waals surface area contributed by atoms with Crippen molar-refractivity contribution in [2.24, 2.45) is 5.92 Å². The topological polar surface area (TPSA) is 18.5 Å². The van der Waals surface area contributed by atoms with Crippen molar-refractivity contribution in [3.05, 3.63) is 0 Å². The summed E-state index contributed by atoms with van der Waals surface area (Å²) in [6.07, 6.45) is 11.2. The minimum atomic E-state index is 0.467. The van der Waals surface area contributed by atoms with Gasteiger partial charge in [0, 0.05) is 24.7 Å². The lowest BCUT2D eigenvalue weighted by Gasteiger charge is -2.49. The highest BCUT2D eigenvalue weighted by Crippen LogP contribution is 2.37. The molecule has 0 heterocycles. The van der Waals surface area contributed by atoms with E-state index in [1.165, 1.54) is 64.5 Å². The molecular formula is C17H35N3. The predicted octanol–water partition coefficient (Wildman–Crippen LogP) is 2.57. The molecule has 2 aliphatic carbocycles. The Balaban J connectivity index is 1.87. The monoisotopic (exact) mass is 281 g/mol. The summed E-state index contributed by atoms with van der Waals surface area (Å²) in [5, 5.41) is 3.58. The number of nitrogens with zero attached hydrogens (tertiary/aromatic N) is 2. The van der Waals surface area contributed by atoms with Crippen LogP contribution in [-0.2, 0) is 0 Å². The Labute approximate surface area is 126 Å². The Morgan fingerprint density at radius 3 is 2.25 bits per heavy atom. The van der Waals surface area contributed by atoms with E-state index in [1.807, 2.05) is 0 Å². The van der Waals surface area contributed by atoms with Gasteiger partial charge in [0.15, 0.2) is 0 Å². The van der Waals surface area contributed by atoms with E-state index < -0.39 is 0 Å². The average Bonchev–Trinajstić information content (AvgIpc) is 2.58. The van der Waals surface area contributed by atoms with E-state index in [0.29, 0.717) is 5.54 Å². The first-order chi connectivity index (χ1) is 9.57. The van der Waals surface area contributed by atoms with Gasteiger partial charge in [0.1, 0.15) is 0 Å². The molecule has 0 aliphatic heterocycles. The van der Waals surface area contributed by atoms with Crippen LogP contribution in [0.25, 0.3) is 0 Å². The average molecular weight is 281 g/mol. The third-order valence-corrected chi connectivity index (χ3v) is 5.87. The van der Waals surface area contributed by atoms with Crippen LogP contribution in [0.5, 0.6) is 0 Å². The Morgan fingerprint density at radius 2 is 1.70 bits per heavy atom. The van der Waals surface area contributed by atoms with Gasteiger partial charge in [0.25, 0.3) is 0 Å². The lowest BCUT2D eigenvalue weighted by atomic mass is 9.75. The van der Waals surface area contributed by atoms with E-state index in [4.69, 9.17) is 0 Å². The van der Waals surface area contributed by atoms with E-state index in [2.05, 4.69) is 43.3 Å². The van der Waals surface area contributed by atoms with Gasteiger partial charge < -0.3 is 15.1 Å². The maximum absolute atomic E-state index is 3.58. The highest BCUT2D eigenvalue weighted by Gasteiger charge is 2.40. The molecule has 2 rings (SSSR count). The normalized spacial score (nSPS) is 30.3. The van der Waals surface area contributed by atoms with Gasteiger partial charge in [-0.25, -0.2) is 0 Å². The summed E-state index contributed by atoms with van der Waals surface area (Å²) in [5.41, 5.74) is 0.467. The first-order valence-corrected chi connectivity index (χ1v) is 8.61. The number of hydrogen-bond donors (Lipinski definition) is 1. The molecule has 118 valence electrons. The van der Waals surface area contributed by atoms with Crippen molar-refractivity contribution in [1.82, 2.24) is 15.1 Å². The molecule has 1 N–H and O–H groups in total. The summed E-state index contributed by atoms with van der Waals surface area (Å²) in [5.74, 6) is 0.840. The molecule has 0 saturated heterocycles. The zero-order chi connectivity index (χ0) is 14.6. The molecular weight excluding hydrogens is 246 g/mol. The van der Waals surface area contributed by atoms with Crippen molar-refractivity contribution < 1.29 is 0 Å². The molecule has 2 saturated carbocycles. The van der Waals surface area contributed by atoms with Crippen LogP contribution in [0.1, 0.15) is 51.4 Å². The fourth-order valence-corrected chi connectivity index (χ4v) is 4.28. The molecule has 0 bridgehead atoms. The standard InChI is InChI=1S/C17H35N3/c1-18-16-10-7-5-6-9-15(16)13-20(4)14-17(19(2)3)11-8-12-17/h15-16,18H,5-14H2,1-4H3. The van der Waals surface area contributed by atoms with Crippen molar-refractivity contribution in [1.29, 1.82) is 0 Å². The smallest absolute Gasteiger partial charge is 0.0330 e. The summed E-state index contributed by atoms with van der Waals surface area (Å²) >= 11 is 0. The van der Waals surface area contributed by atoms with Crippen LogP contribution < -0.4 is 5.32 Å². The maximum atomic E-state index is 3.58. The Hall–Kier alpha value is -0.120. The van der Waals surface area contributed by atoms with Crippen LogP contribution >= 0.6 is 0 Å². The Kier molecular flexibility index (Phi) is 5.88. The first kappa shape index (κ1) is 16.3. The van der Waals surface area contributed by atoms with E-state index in [1.54, 1.807) is 0 Å². The van der Waals surface area contributed by atoms with Crippen LogP contribution in [-0.4, -0.2) is 62.7 Å². The van der Waals surface area contributed by atoms with Gasteiger partial charge in [-0.15, -0.1) is 0 Å². The summed E-state index contributed by atoms with van der Waals surface area (Å²) in [6, 6.07) is 0.733. The Bertz CT molecular complexity index is 286. The fraction of sp³-hybridized carbons (Fsp3) is 1.00. The second-order valence-corrected chi connectivity index (χ2v) is 7.46. The molecule has 0 amide bonds. The number of hydrogen-bond acceptors (Lipinski definition) is 3. The minimum Gasteiger partial charge on any atom is -0.317 e. The van der Waals surface area contributed by atoms with Crippen LogP contribution in [0.15, 0.2) is 0 Å². The molecule has 3 heteroatoms. The summed E-state index contributed by atoms with van der Waals surface area (Å²) in [7, 11) is 9.00. The zero-order valence-electron chi connectivity index (χ0n) is 14.1. The van der Waals surface area contributed by atoms with Gasteiger partial charge in [0.2, 0.25) is 0 Å². The van der Waals surface area contributed by atoms with E-state index >= 15 is 0 Å². The second kappa shape index (κ2) is 7.24. The van der Waals surface area contributed by atoms with Crippen LogP contribution in [0.4, 0.5) is 0 Å². The van der Waals surface area contributed by atoms with Crippen molar-refractivity contribution >= 4 is 0 Å². The highest BCUT2D eigenvalue weighted by atomic mass is 15.2.